The predicted octanol–water partition coefficient (Wildman–Crippen LogP) is 3.87. The summed E-state index contributed by atoms with van der Waals surface area (Å²) in [7, 11) is 0. The van der Waals surface area contributed by atoms with Gasteiger partial charge in [0.1, 0.15) is 0 Å². The highest BCUT2D eigenvalue weighted by molar-refractivity contribution is 7.22. The Hall–Kier alpha value is -2.73. The lowest BCUT2D eigenvalue weighted by atomic mass is 9.87. The van der Waals surface area contributed by atoms with Crippen molar-refractivity contribution in [2.75, 3.05) is 5.73 Å². The molecule has 0 fully saturated rings. The molecule has 0 aliphatic heterocycles. The third-order valence-electron chi connectivity index (χ3n) is 4.01. The molecule has 0 bridgehead atoms. The Balaban J connectivity index is 1.58. The number of rotatable bonds is 4. The minimum atomic E-state index is -0.163. The first-order chi connectivity index (χ1) is 12.3. The van der Waals surface area contributed by atoms with Gasteiger partial charge in [0.25, 0.3) is 0 Å². The van der Waals surface area contributed by atoms with Crippen LogP contribution in [0.4, 0.5) is 5.13 Å². The van der Waals surface area contributed by atoms with E-state index in [2.05, 4.69) is 48.4 Å². The van der Waals surface area contributed by atoms with E-state index >= 15 is 0 Å². The van der Waals surface area contributed by atoms with E-state index in [-0.39, 0.29) is 17.7 Å². The van der Waals surface area contributed by atoms with Crippen LogP contribution in [0.5, 0.6) is 0 Å². The third kappa shape index (κ3) is 4.46. The van der Waals surface area contributed by atoms with Gasteiger partial charge in [-0.05, 0) is 34.2 Å². The van der Waals surface area contributed by atoms with Crippen molar-refractivity contribution in [1.29, 1.82) is 0 Å². The van der Waals surface area contributed by atoms with Crippen LogP contribution in [0.3, 0.4) is 0 Å². The number of nitrogen functional groups attached to an aromatic ring is 1. The van der Waals surface area contributed by atoms with Crippen LogP contribution in [-0.2, 0) is 16.6 Å². The quantitative estimate of drug-likeness (QED) is 0.543. The van der Waals surface area contributed by atoms with Crippen LogP contribution < -0.4 is 11.2 Å². The van der Waals surface area contributed by atoms with Crippen molar-refractivity contribution < 1.29 is 4.79 Å². The van der Waals surface area contributed by atoms with Gasteiger partial charge in [0, 0.05) is 0 Å². The van der Waals surface area contributed by atoms with Crippen molar-refractivity contribution in [1.82, 2.24) is 10.4 Å². The summed E-state index contributed by atoms with van der Waals surface area (Å²) < 4.78 is 0.982. The molecule has 6 heteroatoms. The minimum Gasteiger partial charge on any atom is -0.375 e. The molecule has 5 nitrogen and oxygen atoms in total. The maximum absolute atomic E-state index is 12.1. The van der Waals surface area contributed by atoms with Crippen molar-refractivity contribution in [3.05, 3.63) is 59.2 Å². The number of carbonyl (C=O) groups excluding carboxylic acids is 1. The molecule has 1 aromatic heterocycles. The van der Waals surface area contributed by atoms with Gasteiger partial charge < -0.3 is 5.73 Å². The molecule has 3 rings (SSSR count). The third-order valence-corrected chi connectivity index (χ3v) is 4.86. The molecular formula is C20H22N4OS. The maximum atomic E-state index is 12.1. The Morgan fingerprint density at radius 1 is 1.23 bits per heavy atom. The van der Waals surface area contributed by atoms with E-state index in [0.717, 1.165) is 21.3 Å². The summed E-state index contributed by atoms with van der Waals surface area (Å²) >= 11 is 1.42. The van der Waals surface area contributed by atoms with E-state index in [1.165, 1.54) is 16.9 Å². The van der Waals surface area contributed by atoms with E-state index in [1.54, 1.807) is 6.21 Å². The molecule has 0 radical (unpaired) electrons. The molecule has 3 N–H and O–H groups in total. The van der Waals surface area contributed by atoms with Gasteiger partial charge in [-0.2, -0.15) is 5.10 Å². The van der Waals surface area contributed by atoms with Gasteiger partial charge in [0.15, 0.2) is 5.13 Å². The van der Waals surface area contributed by atoms with Crippen LogP contribution >= 0.6 is 11.3 Å². The molecule has 0 saturated carbocycles. The fourth-order valence-electron chi connectivity index (χ4n) is 2.57. The zero-order valence-electron chi connectivity index (χ0n) is 15.1. The number of anilines is 1. The van der Waals surface area contributed by atoms with Gasteiger partial charge in [0.05, 0.1) is 22.9 Å². The van der Waals surface area contributed by atoms with Crippen LogP contribution in [0, 0.1) is 0 Å². The molecule has 0 atom stereocenters. The molecule has 0 unspecified atom stereocenters. The van der Waals surface area contributed by atoms with Crippen LogP contribution in [-0.4, -0.2) is 17.1 Å². The van der Waals surface area contributed by atoms with Crippen LogP contribution in [0.25, 0.3) is 10.2 Å². The summed E-state index contributed by atoms with van der Waals surface area (Å²) in [5.74, 6) is -0.163. The molecule has 0 aliphatic rings. The first-order valence-electron chi connectivity index (χ1n) is 8.39. The normalized spacial score (nSPS) is 12.0. The first-order valence-corrected chi connectivity index (χ1v) is 9.20. The summed E-state index contributed by atoms with van der Waals surface area (Å²) in [5.41, 5.74) is 12.4. The van der Waals surface area contributed by atoms with E-state index in [0.29, 0.717) is 5.13 Å². The minimum absolute atomic E-state index is 0.119. The monoisotopic (exact) mass is 366 g/mol. The number of thiazole rings is 1. The molecule has 26 heavy (non-hydrogen) atoms. The molecule has 1 amide bonds. The maximum Gasteiger partial charge on any atom is 0.244 e. The number of nitrogens with two attached hydrogens (primary N) is 1. The molecule has 1 heterocycles. The highest BCUT2D eigenvalue weighted by atomic mass is 32.1. The standard InChI is InChI=1S/C20H22N4OS/c1-20(2,3)15-7-4-13(5-8-15)12-22-24-18(25)11-14-6-9-16-17(10-14)26-19(21)23-16/h4-10,12H,11H2,1-3H3,(H2,21,23)(H,24,25)/b22-12-. The second-order valence-electron chi connectivity index (χ2n) is 7.20. The summed E-state index contributed by atoms with van der Waals surface area (Å²) in [5, 5.41) is 4.57. The first kappa shape index (κ1) is 18.1. The highest BCUT2D eigenvalue weighted by Gasteiger charge is 2.12. The fraction of sp³-hybridized carbons (Fsp3) is 0.250. The number of hydrogen-bond donors (Lipinski definition) is 2. The van der Waals surface area contributed by atoms with E-state index in [9.17, 15) is 4.79 Å². The molecular weight excluding hydrogens is 344 g/mol. The summed E-state index contributed by atoms with van der Waals surface area (Å²) in [4.78, 5) is 16.3. The largest absolute Gasteiger partial charge is 0.375 e. The van der Waals surface area contributed by atoms with Gasteiger partial charge in [-0.25, -0.2) is 10.4 Å². The SMILES string of the molecule is CC(C)(C)c1ccc(/C=N\NC(=O)Cc2ccc3nc(N)sc3c2)cc1. The Bertz CT molecular complexity index is 952. The number of aromatic nitrogens is 1. The van der Waals surface area contributed by atoms with Gasteiger partial charge in [0.2, 0.25) is 5.91 Å². The number of hydrazone groups is 1. The number of nitrogens with one attached hydrogen (secondary N) is 1. The Morgan fingerprint density at radius 3 is 2.65 bits per heavy atom. The van der Waals surface area contributed by atoms with E-state index in [1.807, 2.05) is 30.3 Å². The average Bonchev–Trinajstić information content (AvgIpc) is 2.94. The topological polar surface area (TPSA) is 80.4 Å². The summed E-state index contributed by atoms with van der Waals surface area (Å²) in [6.45, 7) is 6.52. The lowest BCUT2D eigenvalue weighted by Crippen LogP contribution is -2.19. The smallest absolute Gasteiger partial charge is 0.244 e. The van der Waals surface area contributed by atoms with Gasteiger partial charge >= 0.3 is 0 Å². The number of amides is 1. The number of carbonyl (C=O) groups is 1. The second kappa shape index (κ2) is 7.25. The summed E-state index contributed by atoms with van der Waals surface area (Å²) in [6.07, 6.45) is 1.91. The molecule has 2 aromatic carbocycles. The highest BCUT2D eigenvalue weighted by Crippen LogP contribution is 2.24. The van der Waals surface area contributed by atoms with Crippen LogP contribution in [0.15, 0.2) is 47.6 Å². The number of hydrogen-bond acceptors (Lipinski definition) is 5. The van der Waals surface area contributed by atoms with E-state index in [4.69, 9.17) is 5.73 Å². The van der Waals surface area contributed by atoms with Crippen molar-refractivity contribution >= 4 is 38.8 Å². The number of fused-ring (bicyclic) bond motifs is 1. The van der Waals surface area contributed by atoms with Crippen LogP contribution in [0.2, 0.25) is 0 Å². The molecule has 0 aliphatic carbocycles. The molecule has 3 aromatic rings. The molecule has 0 spiro atoms. The zero-order chi connectivity index (χ0) is 18.7. The average molecular weight is 366 g/mol. The fourth-order valence-corrected chi connectivity index (χ4v) is 3.37. The van der Waals surface area contributed by atoms with E-state index < -0.39 is 0 Å². The van der Waals surface area contributed by atoms with Gasteiger partial charge in [-0.15, -0.1) is 0 Å². The lowest BCUT2D eigenvalue weighted by molar-refractivity contribution is -0.120. The van der Waals surface area contributed by atoms with Crippen molar-refractivity contribution in [2.45, 2.75) is 32.6 Å². The Kier molecular flexibility index (Phi) is 5.04. The van der Waals surface area contributed by atoms with Gasteiger partial charge in [-0.3, -0.25) is 4.79 Å². The predicted molar refractivity (Wildman–Crippen MR) is 109 cm³/mol. The van der Waals surface area contributed by atoms with Crippen molar-refractivity contribution in [2.24, 2.45) is 5.10 Å². The number of benzene rings is 2. The zero-order valence-corrected chi connectivity index (χ0v) is 15.9. The molecule has 0 saturated heterocycles. The lowest BCUT2D eigenvalue weighted by Gasteiger charge is -2.18. The van der Waals surface area contributed by atoms with Crippen molar-refractivity contribution in [3.8, 4) is 0 Å². The second-order valence-corrected chi connectivity index (χ2v) is 8.26. The summed E-state index contributed by atoms with van der Waals surface area (Å²) in [6, 6.07) is 13.9. The number of nitrogens with zero attached hydrogens (tertiary/aromatic N) is 2. The van der Waals surface area contributed by atoms with Crippen molar-refractivity contribution in [3.63, 3.8) is 0 Å². The van der Waals surface area contributed by atoms with Crippen LogP contribution in [0.1, 0.15) is 37.5 Å². The molecule has 134 valence electrons. The van der Waals surface area contributed by atoms with Gasteiger partial charge in [-0.1, -0.05) is 62.4 Å². The Labute approximate surface area is 157 Å². The Morgan fingerprint density at radius 2 is 1.96 bits per heavy atom.